The lowest BCUT2D eigenvalue weighted by atomic mass is 10.0. The van der Waals surface area contributed by atoms with E-state index in [1.165, 1.54) is 12.3 Å². The minimum absolute atomic E-state index is 0.0744. The van der Waals surface area contributed by atoms with Crippen LogP contribution in [0.15, 0.2) is 12.3 Å². The van der Waals surface area contributed by atoms with Gasteiger partial charge in [-0.15, -0.1) is 0 Å². The van der Waals surface area contributed by atoms with Crippen molar-refractivity contribution in [3.8, 4) is 0 Å². The Morgan fingerprint density at radius 1 is 1.35 bits per heavy atom. The van der Waals surface area contributed by atoms with E-state index >= 15 is 0 Å². The molecular formula is C13H15ClN2O4. The number of carbonyl (C=O) groups is 1. The van der Waals surface area contributed by atoms with Gasteiger partial charge in [0.15, 0.2) is 5.79 Å². The monoisotopic (exact) mass is 298 g/mol. The SMILES string of the molecule is O=C(O)c1cc(N2CCC3(CC2)OCCO3)ncc1Cl. The fourth-order valence-corrected chi connectivity index (χ4v) is 2.81. The fraction of sp³-hybridized carbons (Fsp3) is 0.538. The van der Waals surface area contributed by atoms with Crippen LogP contribution in [0.4, 0.5) is 5.82 Å². The van der Waals surface area contributed by atoms with E-state index in [2.05, 4.69) is 4.98 Å². The zero-order valence-corrected chi connectivity index (χ0v) is 11.6. The van der Waals surface area contributed by atoms with Crippen LogP contribution in [0.2, 0.25) is 5.02 Å². The number of rotatable bonds is 2. The minimum Gasteiger partial charge on any atom is -0.478 e. The molecule has 2 aliphatic rings. The molecule has 0 aliphatic carbocycles. The number of aromatic nitrogens is 1. The number of ether oxygens (including phenoxy) is 2. The van der Waals surface area contributed by atoms with E-state index in [1.54, 1.807) is 0 Å². The number of anilines is 1. The zero-order chi connectivity index (χ0) is 14.2. The number of nitrogens with zero attached hydrogens (tertiary/aromatic N) is 2. The number of piperidine rings is 1. The minimum atomic E-state index is -1.05. The van der Waals surface area contributed by atoms with Gasteiger partial charge in [0.1, 0.15) is 5.82 Å². The van der Waals surface area contributed by atoms with Crippen molar-refractivity contribution in [2.24, 2.45) is 0 Å². The van der Waals surface area contributed by atoms with E-state index in [0.717, 1.165) is 12.8 Å². The maximum Gasteiger partial charge on any atom is 0.337 e. The third-order valence-electron chi connectivity index (χ3n) is 3.73. The number of carboxylic acid groups (broad SMARTS) is 1. The standard InChI is InChI=1S/C13H15ClN2O4/c14-10-8-15-11(7-9(10)12(17)18)16-3-1-13(2-4-16)19-5-6-20-13/h7-8H,1-6H2,(H,17,18). The molecule has 0 unspecified atom stereocenters. The molecule has 108 valence electrons. The molecule has 20 heavy (non-hydrogen) atoms. The van der Waals surface area contributed by atoms with Gasteiger partial charge < -0.3 is 19.5 Å². The third-order valence-corrected chi connectivity index (χ3v) is 4.04. The van der Waals surface area contributed by atoms with Crippen molar-refractivity contribution >= 4 is 23.4 Å². The Bertz CT molecular complexity index is 521. The second kappa shape index (κ2) is 5.20. The molecule has 3 heterocycles. The first-order valence-corrected chi connectivity index (χ1v) is 6.89. The normalized spacial score (nSPS) is 21.4. The molecule has 1 spiro atoms. The summed E-state index contributed by atoms with van der Waals surface area (Å²) in [4.78, 5) is 17.3. The van der Waals surface area contributed by atoms with Crippen LogP contribution in [-0.4, -0.2) is 48.2 Å². The van der Waals surface area contributed by atoms with Crippen molar-refractivity contribution in [3.05, 3.63) is 22.8 Å². The highest BCUT2D eigenvalue weighted by molar-refractivity contribution is 6.33. The smallest absolute Gasteiger partial charge is 0.337 e. The highest BCUT2D eigenvalue weighted by Gasteiger charge is 2.40. The number of hydrogen-bond acceptors (Lipinski definition) is 5. The van der Waals surface area contributed by atoms with Crippen LogP contribution in [0.1, 0.15) is 23.2 Å². The first kappa shape index (κ1) is 13.6. The van der Waals surface area contributed by atoms with Gasteiger partial charge in [0.05, 0.1) is 23.8 Å². The molecule has 2 saturated heterocycles. The summed E-state index contributed by atoms with van der Waals surface area (Å²) in [6.45, 7) is 2.71. The van der Waals surface area contributed by atoms with E-state index in [4.69, 9.17) is 26.2 Å². The Labute approximate surface area is 121 Å². The van der Waals surface area contributed by atoms with Crippen molar-refractivity contribution in [2.45, 2.75) is 18.6 Å². The van der Waals surface area contributed by atoms with Crippen LogP contribution in [0.25, 0.3) is 0 Å². The molecule has 0 amide bonds. The highest BCUT2D eigenvalue weighted by Crippen LogP contribution is 2.33. The summed E-state index contributed by atoms with van der Waals surface area (Å²) in [5.74, 6) is -0.868. The van der Waals surface area contributed by atoms with Crippen LogP contribution in [0.3, 0.4) is 0 Å². The maximum absolute atomic E-state index is 11.1. The molecule has 0 bridgehead atoms. The van der Waals surface area contributed by atoms with Crippen molar-refractivity contribution in [3.63, 3.8) is 0 Å². The highest BCUT2D eigenvalue weighted by atomic mass is 35.5. The van der Waals surface area contributed by atoms with E-state index in [1.807, 2.05) is 4.90 Å². The first-order valence-electron chi connectivity index (χ1n) is 6.51. The number of halogens is 1. The Kier molecular flexibility index (Phi) is 3.54. The fourth-order valence-electron chi connectivity index (χ4n) is 2.63. The second-order valence-electron chi connectivity index (χ2n) is 4.92. The lowest BCUT2D eigenvalue weighted by Crippen LogP contribution is -2.45. The van der Waals surface area contributed by atoms with Gasteiger partial charge in [0, 0.05) is 32.1 Å². The molecule has 2 aliphatic heterocycles. The summed E-state index contributed by atoms with van der Waals surface area (Å²) in [6, 6.07) is 1.51. The summed E-state index contributed by atoms with van der Waals surface area (Å²) >= 11 is 5.83. The summed E-state index contributed by atoms with van der Waals surface area (Å²) in [7, 11) is 0. The molecule has 6 nitrogen and oxygen atoms in total. The summed E-state index contributed by atoms with van der Waals surface area (Å²) < 4.78 is 11.3. The predicted octanol–water partition coefficient (Wildman–Crippen LogP) is 1.78. The third kappa shape index (κ3) is 2.46. The van der Waals surface area contributed by atoms with Gasteiger partial charge in [-0.3, -0.25) is 0 Å². The second-order valence-corrected chi connectivity index (χ2v) is 5.33. The Hall–Kier alpha value is -1.37. The average molecular weight is 299 g/mol. The quantitative estimate of drug-likeness (QED) is 0.897. The van der Waals surface area contributed by atoms with Gasteiger partial charge in [0.2, 0.25) is 0 Å². The van der Waals surface area contributed by atoms with Crippen LogP contribution < -0.4 is 4.90 Å². The predicted molar refractivity (Wildman–Crippen MR) is 72.3 cm³/mol. The van der Waals surface area contributed by atoms with Crippen molar-refractivity contribution < 1.29 is 19.4 Å². The van der Waals surface area contributed by atoms with Crippen molar-refractivity contribution in [2.75, 3.05) is 31.2 Å². The Balaban J connectivity index is 1.75. The molecule has 0 aromatic carbocycles. The largest absolute Gasteiger partial charge is 0.478 e. The molecule has 1 aromatic rings. The molecule has 0 atom stereocenters. The van der Waals surface area contributed by atoms with E-state index < -0.39 is 11.8 Å². The van der Waals surface area contributed by atoms with Crippen LogP contribution >= 0.6 is 11.6 Å². The van der Waals surface area contributed by atoms with E-state index in [-0.39, 0.29) is 10.6 Å². The summed E-state index contributed by atoms with van der Waals surface area (Å²) in [6.07, 6.45) is 2.88. The summed E-state index contributed by atoms with van der Waals surface area (Å²) in [5, 5.41) is 9.24. The molecule has 2 fully saturated rings. The summed E-state index contributed by atoms with van der Waals surface area (Å²) in [5.41, 5.74) is 0.0744. The van der Waals surface area contributed by atoms with Crippen LogP contribution in [0, 0.1) is 0 Å². The van der Waals surface area contributed by atoms with Gasteiger partial charge >= 0.3 is 5.97 Å². The lowest BCUT2D eigenvalue weighted by molar-refractivity contribution is -0.169. The lowest BCUT2D eigenvalue weighted by Gasteiger charge is -2.38. The molecule has 7 heteroatoms. The number of aromatic carboxylic acids is 1. The number of pyridine rings is 1. The van der Waals surface area contributed by atoms with E-state index in [0.29, 0.717) is 32.1 Å². The molecular weight excluding hydrogens is 284 g/mol. The molecule has 1 aromatic heterocycles. The van der Waals surface area contributed by atoms with Gasteiger partial charge in [-0.05, 0) is 6.07 Å². The van der Waals surface area contributed by atoms with Crippen molar-refractivity contribution in [1.82, 2.24) is 4.98 Å². The Morgan fingerprint density at radius 2 is 2.00 bits per heavy atom. The van der Waals surface area contributed by atoms with Crippen LogP contribution in [-0.2, 0) is 9.47 Å². The number of carboxylic acids is 1. The topological polar surface area (TPSA) is 71.9 Å². The maximum atomic E-state index is 11.1. The number of hydrogen-bond donors (Lipinski definition) is 1. The molecule has 1 N–H and O–H groups in total. The van der Waals surface area contributed by atoms with Crippen molar-refractivity contribution in [1.29, 1.82) is 0 Å². The van der Waals surface area contributed by atoms with Crippen LogP contribution in [0.5, 0.6) is 0 Å². The Morgan fingerprint density at radius 3 is 2.60 bits per heavy atom. The average Bonchev–Trinajstić information content (AvgIpc) is 2.88. The first-order chi connectivity index (χ1) is 9.60. The van der Waals surface area contributed by atoms with Gasteiger partial charge in [-0.2, -0.15) is 0 Å². The van der Waals surface area contributed by atoms with Gasteiger partial charge in [-0.1, -0.05) is 11.6 Å². The molecule has 0 saturated carbocycles. The van der Waals surface area contributed by atoms with E-state index in [9.17, 15) is 4.79 Å². The molecule has 3 rings (SSSR count). The molecule has 0 radical (unpaired) electrons. The zero-order valence-electron chi connectivity index (χ0n) is 10.8. The van der Waals surface area contributed by atoms with Gasteiger partial charge in [0.25, 0.3) is 0 Å². The van der Waals surface area contributed by atoms with Gasteiger partial charge in [-0.25, -0.2) is 9.78 Å².